The zero-order chi connectivity index (χ0) is 37.6. The Morgan fingerprint density at radius 3 is 2.58 bits per heavy atom. The Hall–Kier alpha value is -4.37. The molecule has 52 heavy (non-hydrogen) atoms. The van der Waals surface area contributed by atoms with Gasteiger partial charge in [-0.3, -0.25) is 37.9 Å². The summed E-state index contributed by atoms with van der Waals surface area (Å²) in [5, 5.41) is 2.97. The normalized spacial score (nSPS) is 21.8. The minimum absolute atomic E-state index is 0.160. The fraction of sp³-hybridized carbons (Fsp3) is 0.400. The molecule has 0 aliphatic carbocycles. The average Bonchev–Trinajstić information content (AvgIpc) is 3.80. The molecule has 3 aromatic rings. The first-order valence-corrected chi connectivity index (χ1v) is 17.9. The van der Waals surface area contributed by atoms with Gasteiger partial charge in [0, 0.05) is 42.2 Å². The molecule has 0 bridgehead atoms. The zero-order valence-electron chi connectivity index (χ0n) is 29.2. The van der Waals surface area contributed by atoms with Crippen LogP contribution in [0.25, 0.3) is 0 Å². The average molecular weight is 761 g/mol. The molecular weight excluding hydrogens is 719 g/mol. The summed E-state index contributed by atoms with van der Waals surface area (Å²) in [6.45, 7) is 4.74. The van der Waals surface area contributed by atoms with E-state index in [4.69, 9.17) is 34.6 Å². The lowest BCUT2D eigenvalue weighted by Crippen LogP contribution is -2.31. The number of fused-ring (bicyclic) bond motifs is 1. The van der Waals surface area contributed by atoms with E-state index in [1.54, 1.807) is 24.3 Å². The molecule has 280 valence electrons. The van der Waals surface area contributed by atoms with Crippen LogP contribution in [-0.4, -0.2) is 71.9 Å². The van der Waals surface area contributed by atoms with Crippen LogP contribution in [0, 0.1) is 6.92 Å². The molecule has 3 aliphatic rings. The van der Waals surface area contributed by atoms with Crippen LogP contribution in [0.5, 0.6) is 5.75 Å². The Morgan fingerprint density at radius 2 is 1.90 bits per heavy atom. The number of methoxy groups -OCH3 is 1. The maximum Gasteiger partial charge on any atom is 0.397 e. The third kappa shape index (κ3) is 11.8. The number of aryl methyl sites for hydroxylation is 1. The van der Waals surface area contributed by atoms with Crippen molar-refractivity contribution in [2.75, 3.05) is 20.8 Å². The minimum atomic E-state index is -1.47. The van der Waals surface area contributed by atoms with Crippen molar-refractivity contribution in [1.82, 2.24) is 19.8 Å². The lowest BCUT2D eigenvalue weighted by atomic mass is 10.1. The van der Waals surface area contributed by atoms with E-state index in [9.17, 15) is 24.0 Å². The Morgan fingerprint density at radius 1 is 1.12 bits per heavy atom. The molecule has 0 spiro atoms. The standard InChI is InChI=1S/C17H19N2O6P.C10H16N2O3.C8H7ClO2/c1-11-3-2-4-12-9-22-26(25-16(11)12)23-10-13-5-6-15(24-13)19-8-7-14(20)18-17(19)21;1-8-3-4-10(15-8)12(7-13)6-5-9(14)11-2;1-11-8(10)6-3-2-4-7(9)5-6/h2-4,7-8,13,15H,5-6,9-10H2,1H3,(H,18,20,21);5-8,10H,3-4H2,1-2H3,(H,11,14);2-5H,1H3/b;6-5-;. The molecule has 2 saturated heterocycles. The number of hydrogen-bond donors (Lipinski definition) is 2. The molecule has 5 atom stereocenters. The molecule has 0 saturated carbocycles. The molecule has 15 nitrogen and oxygen atoms in total. The Balaban J connectivity index is 0.000000197. The summed E-state index contributed by atoms with van der Waals surface area (Å²) in [5.41, 5.74) is 1.65. The number of nitrogens with zero attached hydrogens (tertiary/aromatic N) is 2. The third-order valence-electron chi connectivity index (χ3n) is 7.95. The molecule has 3 aliphatic heterocycles. The Kier molecular flexibility index (Phi) is 15.6. The predicted molar refractivity (Wildman–Crippen MR) is 191 cm³/mol. The van der Waals surface area contributed by atoms with Gasteiger partial charge in [-0.2, -0.15) is 0 Å². The van der Waals surface area contributed by atoms with Gasteiger partial charge >= 0.3 is 20.3 Å². The monoisotopic (exact) mass is 760 g/mol. The maximum absolute atomic E-state index is 11.8. The van der Waals surface area contributed by atoms with Crippen LogP contribution >= 0.6 is 20.2 Å². The summed E-state index contributed by atoms with van der Waals surface area (Å²) >= 11 is 5.64. The van der Waals surface area contributed by atoms with Gasteiger partial charge in [0.05, 0.1) is 38.1 Å². The van der Waals surface area contributed by atoms with Gasteiger partial charge in [0.2, 0.25) is 12.3 Å². The first-order valence-electron chi connectivity index (χ1n) is 16.4. The summed E-state index contributed by atoms with van der Waals surface area (Å²) in [6.07, 6.45) is 7.38. The minimum Gasteiger partial charge on any atom is -0.465 e. The summed E-state index contributed by atoms with van der Waals surface area (Å²) in [5.74, 6) is 0.218. The van der Waals surface area contributed by atoms with E-state index in [0.29, 0.717) is 36.6 Å². The summed E-state index contributed by atoms with van der Waals surface area (Å²) in [4.78, 5) is 59.2. The number of likely N-dealkylation sites (N-methyl/N-ethyl adjacent to an activating group) is 1. The molecule has 2 amide bonds. The fourth-order valence-electron chi connectivity index (χ4n) is 5.23. The van der Waals surface area contributed by atoms with Gasteiger partial charge in [0.1, 0.15) is 18.2 Å². The highest BCUT2D eigenvalue weighted by Crippen LogP contribution is 2.48. The molecule has 2 N–H and O–H groups in total. The van der Waals surface area contributed by atoms with Crippen molar-refractivity contribution in [2.24, 2.45) is 0 Å². The van der Waals surface area contributed by atoms with Crippen LogP contribution in [-0.2, 0) is 39.5 Å². The summed E-state index contributed by atoms with van der Waals surface area (Å²) in [7, 11) is 1.40. The Labute approximate surface area is 306 Å². The van der Waals surface area contributed by atoms with Crippen LogP contribution in [0.1, 0.15) is 60.3 Å². The lowest BCUT2D eigenvalue weighted by molar-refractivity contribution is -0.125. The summed E-state index contributed by atoms with van der Waals surface area (Å²) in [6, 6.07) is 13.9. The van der Waals surface area contributed by atoms with Crippen molar-refractivity contribution in [3.63, 3.8) is 0 Å². The number of nitrogens with one attached hydrogen (secondary N) is 2. The van der Waals surface area contributed by atoms with Crippen molar-refractivity contribution in [1.29, 1.82) is 0 Å². The second kappa shape index (κ2) is 20.0. The number of rotatable bonds is 9. The lowest BCUT2D eigenvalue weighted by Gasteiger charge is -2.25. The van der Waals surface area contributed by atoms with Crippen LogP contribution in [0.4, 0.5) is 0 Å². The molecule has 17 heteroatoms. The van der Waals surface area contributed by atoms with Crippen molar-refractivity contribution in [3.8, 4) is 5.75 Å². The van der Waals surface area contributed by atoms with E-state index in [0.717, 1.165) is 36.1 Å². The molecule has 5 unspecified atom stereocenters. The number of hydrogen-bond acceptors (Lipinski definition) is 11. The van der Waals surface area contributed by atoms with Crippen LogP contribution in [0.15, 0.2) is 76.6 Å². The molecule has 4 heterocycles. The highest BCUT2D eigenvalue weighted by Gasteiger charge is 2.31. The number of amides is 2. The third-order valence-corrected chi connectivity index (χ3v) is 9.22. The van der Waals surface area contributed by atoms with E-state index < -0.39 is 26.1 Å². The number of halogens is 1. The number of aromatic amines is 1. The van der Waals surface area contributed by atoms with Gasteiger partial charge < -0.3 is 24.1 Å². The second-order valence-corrected chi connectivity index (χ2v) is 13.3. The van der Waals surface area contributed by atoms with Gasteiger partial charge in [-0.05, 0) is 63.3 Å². The molecule has 6 rings (SSSR count). The van der Waals surface area contributed by atoms with Crippen molar-refractivity contribution < 1.29 is 42.2 Å². The van der Waals surface area contributed by atoms with Gasteiger partial charge in [-0.15, -0.1) is 0 Å². The topological polar surface area (TPSA) is 177 Å². The van der Waals surface area contributed by atoms with Gasteiger partial charge in [-0.25, -0.2) is 9.59 Å². The quantitative estimate of drug-likeness (QED) is 0.133. The summed E-state index contributed by atoms with van der Waals surface area (Å²) < 4.78 is 34.5. The van der Waals surface area contributed by atoms with E-state index in [2.05, 4.69) is 15.0 Å². The van der Waals surface area contributed by atoms with Gasteiger partial charge in [0.15, 0.2) is 0 Å². The molecule has 2 fully saturated rings. The molecule has 1 aromatic heterocycles. The van der Waals surface area contributed by atoms with Crippen LogP contribution < -0.4 is 21.1 Å². The number of esters is 1. The fourth-order valence-corrected chi connectivity index (χ4v) is 6.54. The zero-order valence-corrected chi connectivity index (χ0v) is 30.8. The van der Waals surface area contributed by atoms with Crippen LogP contribution in [0.3, 0.4) is 0 Å². The number of carbonyl (C=O) groups excluding carboxylic acids is 3. The SMILES string of the molecule is CNC(=O)/C=C\N(C=O)C1CCC(C)O1.COC(=O)c1cccc(Cl)c1.Cc1cccc2c1OP(OCC1CCC(n3ccc(=O)[nH]c3=O)O1)OC2. The van der Waals surface area contributed by atoms with E-state index >= 15 is 0 Å². The highest BCUT2D eigenvalue weighted by atomic mass is 35.5. The van der Waals surface area contributed by atoms with E-state index in [-0.39, 0.29) is 30.3 Å². The first kappa shape index (κ1) is 40.4. The second-order valence-electron chi connectivity index (χ2n) is 11.7. The Bertz CT molecular complexity index is 1820. The van der Waals surface area contributed by atoms with Crippen molar-refractivity contribution in [2.45, 2.75) is 70.8 Å². The first-order chi connectivity index (χ1) is 25.0. The number of ether oxygens (including phenoxy) is 3. The smallest absolute Gasteiger partial charge is 0.397 e. The number of para-hydroxylation sites is 1. The largest absolute Gasteiger partial charge is 0.465 e. The van der Waals surface area contributed by atoms with E-state index in [1.165, 1.54) is 48.2 Å². The molecule has 0 radical (unpaired) electrons. The molecule has 2 aromatic carbocycles. The van der Waals surface area contributed by atoms with E-state index in [1.807, 2.05) is 32.0 Å². The van der Waals surface area contributed by atoms with Gasteiger partial charge in [-0.1, -0.05) is 35.9 Å². The number of H-pyrrole nitrogens is 1. The van der Waals surface area contributed by atoms with Crippen molar-refractivity contribution in [3.05, 3.63) is 110 Å². The predicted octanol–water partition coefficient (Wildman–Crippen LogP) is 4.73. The highest BCUT2D eigenvalue weighted by molar-refractivity contribution is 7.42. The maximum atomic E-state index is 11.8. The number of benzene rings is 2. The van der Waals surface area contributed by atoms with Crippen molar-refractivity contribution >= 4 is 38.5 Å². The molecular formula is C35H42ClN4O11P. The van der Waals surface area contributed by atoms with Gasteiger partial charge in [0.25, 0.3) is 5.56 Å². The number of aromatic nitrogens is 2. The number of carbonyl (C=O) groups is 3. The van der Waals surface area contributed by atoms with Crippen LogP contribution in [0.2, 0.25) is 5.02 Å².